The number of nitrogens with one attached hydrogen (secondary N) is 1. The number of benzene rings is 2. The van der Waals surface area contributed by atoms with Gasteiger partial charge in [0, 0.05) is 58.6 Å². The maximum absolute atomic E-state index is 13.9. The Labute approximate surface area is 202 Å². The first kappa shape index (κ1) is 22.2. The Balaban J connectivity index is 1.70. The van der Waals surface area contributed by atoms with Crippen molar-refractivity contribution in [3.8, 4) is 16.8 Å². The molecule has 0 unspecified atom stereocenters. The standard InChI is InChI=1S/C27H26FN4O2P/c1-35(2,33)25-8-3-18(15-29-25)26-22-14-23-19(16-30-31-23)13-24(22)32(21-6-4-20(28)5-7-21)27(26)17-9-11-34-12-10-17/h3-8,13-17H,9-12H2,1-2H3,(H,30,31). The topological polar surface area (TPSA) is 72.8 Å². The zero-order valence-corrected chi connectivity index (χ0v) is 20.6. The summed E-state index contributed by atoms with van der Waals surface area (Å²) in [6.07, 6.45) is 5.45. The zero-order chi connectivity index (χ0) is 24.2. The van der Waals surface area contributed by atoms with Gasteiger partial charge in [0.2, 0.25) is 0 Å². The van der Waals surface area contributed by atoms with Gasteiger partial charge >= 0.3 is 0 Å². The van der Waals surface area contributed by atoms with Crippen LogP contribution in [0.1, 0.15) is 24.5 Å². The molecule has 6 nitrogen and oxygen atoms in total. The van der Waals surface area contributed by atoms with Crippen molar-refractivity contribution in [2.75, 3.05) is 26.5 Å². The summed E-state index contributed by atoms with van der Waals surface area (Å²) in [6, 6.07) is 14.8. The van der Waals surface area contributed by atoms with Crippen LogP contribution in [-0.4, -0.2) is 46.3 Å². The minimum atomic E-state index is -2.47. The van der Waals surface area contributed by atoms with Gasteiger partial charge in [-0.3, -0.25) is 10.1 Å². The van der Waals surface area contributed by atoms with E-state index in [0.717, 1.165) is 51.5 Å². The number of hydrogen-bond donors (Lipinski definition) is 1. The van der Waals surface area contributed by atoms with E-state index in [1.165, 1.54) is 17.8 Å². The molecule has 1 fully saturated rings. The molecule has 2 aromatic carbocycles. The Morgan fingerprint density at radius 3 is 2.51 bits per heavy atom. The molecule has 0 spiro atoms. The average Bonchev–Trinajstić information content (AvgIpc) is 3.45. The third-order valence-electron chi connectivity index (χ3n) is 6.84. The van der Waals surface area contributed by atoms with Crippen molar-refractivity contribution in [1.29, 1.82) is 0 Å². The van der Waals surface area contributed by atoms with Gasteiger partial charge in [-0.2, -0.15) is 5.10 Å². The second kappa shape index (κ2) is 8.43. The van der Waals surface area contributed by atoms with E-state index in [2.05, 4.69) is 31.9 Å². The highest BCUT2D eigenvalue weighted by atomic mass is 31.2. The molecule has 3 aromatic heterocycles. The van der Waals surface area contributed by atoms with E-state index in [9.17, 15) is 8.96 Å². The van der Waals surface area contributed by atoms with Gasteiger partial charge in [0.05, 0.1) is 22.7 Å². The van der Waals surface area contributed by atoms with E-state index in [-0.39, 0.29) is 11.7 Å². The summed E-state index contributed by atoms with van der Waals surface area (Å²) in [6.45, 7) is 4.87. The molecular formula is C27H26FN4O2P. The molecule has 0 aliphatic carbocycles. The predicted octanol–water partition coefficient (Wildman–Crippen LogP) is 5.85. The highest BCUT2D eigenvalue weighted by Gasteiger charge is 2.28. The molecule has 5 aromatic rings. The summed E-state index contributed by atoms with van der Waals surface area (Å²) in [5.74, 6) is -0.00516. The molecule has 6 rings (SSSR count). The largest absolute Gasteiger partial charge is 0.381 e. The molecule has 1 saturated heterocycles. The Kier molecular flexibility index (Phi) is 5.35. The maximum Gasteiger partial charge on any atom is 0.127 e. The van der Waals surface area contributed by atoms with Gasteiger partial charge in [0.25, 0.3) is 0 Å². The first-order chi connectivity index (χ1) is 16.9. The number of hydrogen-bond acceptors (Lipinski definition) is 4. The molecular weight excluding hydrogens is 462 g/mol. The van der Waals surface area contributed by atoms with Gasteiger partial charge in [-0.05, 0) is 68.6 Å². The molecule has 178 valence electrons. The van der Waals surface area contributed by atoms with Gasteiger partial charge in [0.15, 0.2) is 0 Å². The predicted molar refractivity (Wildman–Crippen MR) is 138 cm³/mol. The molecule has 0 atom stereocenters. The number of H-pyrrole nitrogens is 1. The number of pyridine rings is 1. The van der Waals surface area contributed by atoms with Crippen LogP contribution in [0.3, 0.4) is 0 Å². The van der Waals surface area contributed by atoms with Crippen molar-refractivity contribution >= 4 is 34.4 Å². The summed E-state index contributed by atoms with van der Waals surface area (Å²) < 4.78 is 34.4. The second-order valence-corrected chi connectivity index (χ2v) is 12.7. The highest BCUT2D eigenvalue weighted by Crippen LogP contribution is 2.44. The molecule has 0 saturated carbocycles. The van der Waals surface area contributed by atoms with Crippen molar-refractivity contribution in [2.45, 2.75) is 18.8 Å². The number of ether oxygens (including phenoxy) is 1. The minimum Gasteiger partial charge on any atom is -0.381 e. The number of rotatable bonds is 4. The van der Waals surface area contributed by atoms with Crippen LogP contribution in [0.4, 0.5) is 4.39 Å². The lowest BCUT2D eigenvalue weighted by molar-refractivity contribution is 0.0843. The lowest BCUT2D eigenvalue weighted by Gasteiger charge is -2.26. The summed E-state index contributed by atoms with van der Waals surface area (Å²) in [5.41, 5.74) is 6.73. The number of fused-ring (bicyclic) bond motifs is 2. The zero-order valence-electron chi connectivity index (χ0n) is 19.7. The fourth-order valence-electron chi connectivity index (χ4n) is 5.13. The summed E-state index contributed by atoms with van der Waals surface area (Å²) in [5, 5.41) is 9.40. The monoisotopic (exact) mass is 488 g/mol. The van der Waals surface area contributed by atoms with Crippen LogP contribution in [-0.2, 0) is 9.30 Å². The van der Waals surface area contributed by atoms with E-state index in [1.54, 1.807) is 13.3 Å². The van der Waals surface area contributed by atoms with Crippen LogP contribution in [0.2, 0.25) is 0 Å². The van der Waals surface area contributed by atoms with Crippen LogP contribution >= 0.6 is 7.14 Å². The smallest absolute Gasteiger partial charge is 0.127 e. The number of aromatic nitrogens is 4. The van der Waals surface area contributed by atoms with E-state index < -0.39 is 7.14 Å². The van der Waals surface area contributed by atoms with Crippen LogP contribution < -0.4 is 5.44 Å². The number of nitrogens with zero attached hydrogens (tertiary/aromatic N) is 3. The van der Waals surface area contributed by atoms with Gasteiger partial charge < -0.3 is 13.9 Å². The van der Waals surface area contributed by atoms with Crippen molar-refractivity contribution < 1.29 is 13.7 Å². The van der Waals surface area contributed by atoms with E-state index in [1.807, 2.05) is 36.7 Å². The normalized spacial score (nSPS) is 15.3. The molecule has 1 N–H and O–H groups in total. The fraction of sp³-hybridized carbons (Fsp3) is 0.259. The molecule has 4 heterocycles. The van der Waals surface area contributed by atoms with Gasteiger partial charge in [-0.15, -0.1) is 0 Å². The van der Waals surface area contributed by atoms with Crippen molar-refractivity contribution in [2.24, 2.45) is 0 Å². The first-order valence-electron chi connectivity index (χ1n) is 11.8. The third kappa shape index (κ3) is 3.89. The number of halogens is 1. The Morgan fingerprint density at radius 1 is 1.06 bits per heavy atom. The third-order valence-corrected chi connectivity index (χ3v) is 8.21. The molecule has 0 bridgehead atoms. The number of aromatic amines is 1. The van der Waals surface area contributed by atoms with Crippen molar-refractivity contribution in [1.82, 2.24) is 19.7 Å². The van der Waals surface area contributed by atoms with Crippen molar-refractivity contribution in [3.63, 3.8) is 0 Å². The van der Waals surface area contributed by atoms with Gasteiger partial charge in [-0.1, -0.05) is 6.07 Å². The van der Waals surface area contributed by atoms with Crippen LogP contribution in [0, 0.1) is 5.82 Å². The van der Waals surface area contributed by atoms with Gasteiger partial charge in [-0.25, -0.2) is 4.39 Å². The fourth-order valence-corrected chi connectivity index (χ4v) is 5.90. The van der Waals surface area contributed by atoms with E-state index in [0.29, 0.717) is 18.6 Å². The first-order valence-corrected chi connectivity index (χ1v) is 14.4. The highest BCUT2D eigenvalue weighted by molar-refractivity contribution is 7.69. The van der Waals surface area contributed by atoms with Crippen LogP contribution in [0.15, 0.2) is 60.9 Å². The maximum atomic E-state index is 13.9. The van der Waals surface area contributed by atoms with E-state index in [4.69, 9.17) is 4.74 Å². The summed E-state index contributed by atoms with van der Waals surface area (Å²) in [4.78, 5) is 4.60. The van der Waals surface area contributed by atoms with Crippen LogP contribution in [0.5, 0.6) is 0 Å². The Bertz CT molecular complexity index is 1580. The molecule has 1 aliphatic heterocycles. The average molecular weight is 489 g/mol. The Morgan fingerprint density at radius 2 is 1.83 bits per heavy atom. The molecule has 8 heteroatoms. The lowest BCUT2D eigenvalue weighted by atomic mass is 9.90. The van der Waals surface area contributed by atoms with Gasteiger partial charge in [0.1, 0.15) is 13.0 Å². The lowest BCUT2D eigenvalue weighted by Crippen LogP contribution is -2.17. The minimum absolute atomic E-state index is 0.260. The molecule has 1 aliphatic rings. The summed E-state index contributed by atoms with van der Waals surface area (Å²) in [7, 11) is -2.47. The second-order valence-electron chi connectivity index (χ2n) is 9.54. The van der Waals surface area contributed by atoms with E-state index >= 15 is 0 Å². The molecule has 0 radical (unpaired) electrons. The SMILES string of the molecule is CP(C)(=O)c1ccc(-c2c(C3CCOCC3)n(-c3ccc(F)cc3)c3cc4cn[nH]c4cc23)cn1. The molecule has 0 amide bonds. The molecule has 35 heavy (non-hydrogen) atoms. The summed E-state index contributed by atoms with van der Waals surface area (Å²) >= 11 is 0. The quantitative estimate of drug-likeness (QED) is 0.322. The Hall–Kier alpha value is -3.28. The van der Waals surface area contributed by atoms with Crippen LogP contribution in [0.25, 0.3) is 38.6 Å². The van der Waals surface area contributed by atoms with Crippen molar-refractivity contribution in [3.05, 3.63) is 72.4 Å².